The van der Waals surface area contributed by atoms with Gasteiger partial charge in [0.2, 0.25) is 0 Å². The molecule has 0 aliphatic carbocycles. The molecule has 0 radical (unpaired) electrons. The molecule has 4 rings (SSSR count). The van der Waals surface area contributed by atoms with E-state index in [9.17, 15) is 9.90 Å². The number of thiazole rings is 1. The van der Waals surface area contributed by atoms with E-state index in [-0.39, 0.29) is 17.9 Å². The fourth-order valence-corrected chi connectivity index (χ4v) is 4.73. The van der Waals surface area contributed by atoms with Gasteiger partial charge in [0, 0.05) is 25.6 Å². The molecule has 0 saturated carbocycles. The largest absolute Gasteiger partial charge is 0.391 e. The molecule has 3 N–H and O–H groups in total. The number of thiophene rings is 1. The van der Waals surface area contributed by atoms with Crippen molar-refractivity contribution in [3.63, 3.8) is 0 Å². The number of rotatable bonds is 4. The van der Waals surface area contributed by atoms with Gasteiger partial charge < -0.3 is 15.7 Å². The second-order valence-corrected chi connectivity index (χ2v) is 7.96. The maximum atomic E-state index is 12.3. The molecule has 1 fully saturated rings. The Labute approximate surface area is 147 Å². The molecule has 0 bridgehead atoms. The van der Waals surface area contributed by atoms with Crippen molar-refractivity contribution in [2.75, 3.05) is 19.6 Å². The van der Waals surface area contributed by atoms with Gasteiger partial charge in [0.15, 0.2) is 0 Å². The van der Waals surface area contributed by atoms with E-state index in [1.807, 2.05) is 30.3 Å². The zero-order chi connectivity index (χ0) is 16.5. The van der Waals surface area contributed by atoms with Crippen molar-refractivity contribution in [3.05, 3.63) is 41.3 Å². The molecule has 0 spiro atoms. The lowest BCUT2D eigenvalue weighted by atomic mass is 10.1. The number of hydrogen-bond donors (Lipinski definition) is 3. The van der Waals surface area contributed by atoms with Crippen molar-refractivity contribution in [3.8, 4) is 9.88 Å². The highest BCUT2D eigenvalue weighted by Crippen LogP contribution is 2.34. The van der Waals surface area contributed by atoms with E-state index in [0.717, 1.165) is 26.6 Å². The number of amides is 1. The number of fused-ring (bicyclic) bond motifs is 1. The van der Waals surface area contributed by atoms with Crippen LogP contribution in [0.25, 0.3) is 20.1 Å². The number of nitrogens with one attached hydrogen (secondary N) is 2. The number of aliphatic hydroxyl groups excluding tert-OH is 1. The van der Waals surface area contributed by atoms with Gasteiger partial charge in [0.1, 0.15) is 5.01 Å². The van der Waals surface area contributed by atoms with Crippen LogP contribution in [0.4, 0.5) is 0 Å². The highest BCUT2D eigenvalue weighted by atomic mass is 32.1. The topological polar surface area (TPSA) is 74.2 Å². The number of carbonyl (C=O) groups excluding carboxylic acids is 1. The Morgan fingerprint density at radius 3 is 2.92 bits per heavy atom. The minimum atomic E-state index is -0.382. The molecule has 1 aliphatic heterocycles. The SMILES string of the molecule is O=C(NCC1CNCC1O)c1ccc(-c2nc3ccccc3s2)s1. The molecule has 24 heavy (non-hydrogen) atoms. The van der Waals surface area contributed by atoms with Gasteiger partial charge in [-0.1, -0.05) is 12.1 Å². The number of benzene rings is 1. The van der Waals surface area contributed by atoms with Gasteiger partial charge in [-0.3, -0.25) is 4.79 Å². The van der Waals surface area contributed by atoms with Crippen molar-refractivity contribution >= 4 is 38.8 Å². The summed E-state index contributed by atoms with van der Waals surface area (Å²) in [6.45, 7) is 1.82. The first-order chi connectivity index (χ1) is 11.7. The van der Waals surface area contributed by atoms with Crippen LogP contribution in [0, 0.1) is 5.92 Å². The third-order valence-corrected chi connectivity index (χ3v) is 6.45. The summed E-state index contributed by atoms with van der Waals surface area (Å²) in [5, 5.41) is 16.8. The quantitative estimate of drug-likeness (QED) is 0.668. The second kappa shape index (κ2) is 6.60. The zero-order valence-electron chi connectivity index (χ0n) is 12.9. The van der Waals surface area contributed by atoms with Gasteiger partial charge in [-0.05, 0) is 24.3 Å². The lowest BCUT2D eigenvalue weighted by molar-refractivity contribution is 0.0931. The van der Waals surface area contributed by atoms with Crippen LogP contribution in [-0.2, 0) is 0 Å². The van der Waals surface area contributed by atoms with E-state index in [2.05, 4.69) is 21.7 Å². The third-order valence-electron chi connectivity index (χ3n) is 4.16. The third kappa shape index (κ3) is 3.08. The van der Waals surface area contributed by atoms with Crippen molar-refractivity contribution in [2.24, 2.45) is 5.92 Å². The van der Waals surface area contributed by atoms with Gasteiger partial charge in [-0.15, -0.1) is 22.7 Å². The standard InChI is InChI=1S/C17H17N3O2S2/c21-12-9-18-7-10(12)8-19-16(22)14-5-6-15(23-14)17-20-11-3-1-2-4-13(11)24-17/h1-6,10,12,18,21H,7-9H2,(H,19,22). The molecular formula is C17H17N3O2S2. The minimum absolute atomic E-state index is 0.0812. The number of aliphatic hydroxyl groups is 1. The van der Waals surface area contributed by atoms with Crippen LogP contribution < -0.4 is 10.6 Å². The van der Waals surface area contributed by atoms with Crippen LogP contribution in [0.2, 0.25) is 0 Å². The molecule has 2 atom stereocenters. The Bertz CT molecular complexity index is 840. The molecule has 1 amide bonds. The van der Waals surface area contributed by atoms with Crippen molar-refractivity contribution in [2.45, 2.75) is 6.10 Å². The fourth-order valence-electron chi connectivity index (χ4n) is 2.79. The summed E-state index contributed by atoms with van der Waals surface area (Å²) < 4.78 is 1.15. The molecule has 2 aromatic heterocycles. The number of hydrogen-bond acceptors (Lipinski definition) is 6. The average Bonchev–Trinajstić information content (AvgIpc) is 3.31. The first-order valence-corrected chi connectivity index (χ1v) is 9.47. The van der Waals surface area contributed by atoms with E-state index < -0.39 is 0 Å². The molecule has 5 nitrogen and oxygen atoms in total. The highest BCUT2D eigenvalue weighted by molar-refractivity contribution is 7.26. The van der Waals surface area contributed by atoms with Crippen LogP contribution in [0.3, 0.4) is 0 Å². The summed E-state index contributed by atoms with van der Waals surface area (Å²) in [5.41, 5.74) is 0.986. The first-order valence-electron chi connectivity index (χ1n) is 7.83. The molecule has 1 saturated heterocycles. The lowest BCUT2D eigenvalue weighted by Crippen LogP contribution is -2.33. The maximum absolute atomic E-state index is 12.3. The molecule has 3 aromatic rings. The summed E-state index contributed by atoms with van der Waals surface area (Å²) in [4.78, 5) is 18.6. The Morgan fingerprint density at radius 2 is 2.12 bits per heavy atom. The Kier molecular flexibility index (Phi) is 4.32. The van der Waals surface area contributed by atoms with E-state index in [4.69, 9.17) is 0 Å². The van der Waals surface area contributed by atoms with Gasteiger partial charge in [-0.2, -0.15) is 0 Å². The monoisotopic (exact) mass is 359 g/mol. The predicted octanol–water partition coefficient (Wildman–Crippen LogP) is 2.33. The van der Waals surface area contributed by atoms with Crippen LogP contribution in [0.1, 0.15) is 9.67 Å². The summed E-state index contributed by atoms with van der Waals surface area (Å²) in [6, 6.07) is 11.8. The van der Waals surface area contributed by atoms with E-state index in [1.54, 1.807) is 11.3 Å². The van der Waals surface area contributed by atoms with E-state index >= 15 is 0 Å². The number of nitrogens with zero attached hydrogens (tertiary/aromatic N) is 1. The van der Waals surface area contributed by atoms with Crippen molar-refractivity contribution < 1.29 is 9.90 Å². The Balaban J connectivity index is 1.46. The second-order valence-electron chi connectivity index (χ2n) is 5.85. The van der Waals surface area contributed by atoms with Gasteiger partial charge >= 0.3 is 0 Å². The molecule has 1 aliphatic rings. The summed E-state index contributed by atoms with van der Waals surface area (Å²) >= 11 is 3.09. The lowest BCUT2D eigenvalue weighted by Gasteiger charge is -2.13. The number of carbonyl (C=O) groups is 1. The number of para-hydroxylation sites is 1. The van der Waals surface area contributed by atoms with Crippen molar-refractivity contribution in [1.29, 1.82) is 0 Å². The molecule has 3 heterocycles. The molecule has 1 aromatic carbocycles. The van der Waals surface area contributed by atoms with E-state index in [1.165, 1.54) is 11.3 Å². The van der Waals surface area contributed by atoms with Gasteiger partial charge in [0.25, 0.3) is 5.91 Å². The summed E-state index contributed by atoms with van der Waals surface area (Å²) in [6.07, 6.45) is -0.382. The first kappa shape index (κ1) is 15.7. The van der Waals surface area contributed by atoms with Crippen LogP contribution in [0.15, 0.2) is 36.4 Å². The molecule has 2 unspecified atom stereocenters. The zero-order valence-corrected chi connectivity index (χ0v) is 14.5. The van der Waals surface area contributed by atoms with Crippen LogP contribution >= 0.6 is 22.7 Å². The van der Waals surface area contributed by atoms with Crippen LogP contribution in [-0.4, -0.2) is 41.7 Å². The molecular weight excluding hydrogens is 342 g/mol. The van der Waals surface area contributed by atoms with Gasteiger partial charge in [-0.25, -0.2) is 4.98 Å². The Hall–Kier alpha value is -1.80. The van der Waals surface area contributed by atoms with Gasteiger partial charge in [0.05, 0.1) is 26.1 Å². The highest BCUT2D eigenvalue weighted by Gasteiger charge is 2.25. The fraction of sp³-hybridized carbons (Fsp3) is 0.294. The summed E-state index contributed by atoms with van der Waals surface area (Å²) in [7, 11) is 0. The van der Waals surface area contributed by atoms with Crippen molar-refractivity contribution in [1.82, 2.24) is 15.6 Å². The molecule has 124 valence electrons. The Morgan fingerprint density at radius 1 is 1.25 bits per heavy atom. The smallest absolute Gasteiger partial charge is 0.261 e. The molecule has 7 heteroatoms. The normalized spacial score (nSPS) is 20.5. The average molecular weight is 359 g/mol. The number of aromatic nitrogens is 1. The van der Waals surface area contributed by atoms with Crippen LogP contribution in [0.5, 0.6) is 0 Å². The minimum Gasteiger partial charge on any atom is -0.391 e. The maximum Gasteiger partial charge on any atom is 0.261 e. The predicted molar refractivity (Wildman–Crippen MR) is 97.6 cm³/mol. The van der Waals surface area contributed by atoms with E-state index in [0.29, 0.717) is 18.0 Å². The number of β-amino-alcohol motifs (C(OH)–C–C–N with tert-alkyl or cyclic N) is 1. The summed E-state index contributed by atoms with van der Waals surface area (Å²) in [5.74, 6) is -0.0101.